The SMILES string of the molecule is CCCCCC1CCC(COc2ccc3c(c2F)C(=O)OC(C)C3)CC1. The van der Waals surface area contributed by atoms with Crippen LogP contribution in [0, 0.1) is 17.7 Å². The van der Waals surface area contributed by atoms with Crippen molar-refractivity contribution in [3.05, 3.63) is 29.1 Å². The Balaban J connectivity index is 1.52. The number of benzene rings is 1. The van der Waals surface area contributed by atoms with E-state index in [1.165, 1.54) is 38.5 Å². The zero-order valence-electron chi connectivity index (χ0n) is 16.1. The van der Waals surface area contributed by atoms with Crippen LogP contribution < -0.4 is 4.74 Å². The summed E-state index contributed by atoms with van der Waals surface area (Å²) in [4.78, 5) is 12.0. The fourth-order valence-electron chi connectivity index (χ4n) is 4.27. The van der Waals surface area contributed by atoms with E-state index >= 15 is 0 Å². The Kier molecular flexibility index (Phi) is 6.55. The predicted octanol–water partition coefficient (Wildman–Crippen LogP) is 5.69. The van der Waals surface area contributed by atoms with Crippen molar-refractivity contribution in [3.8, 4) is 5.75 Å². The van der Waals surface area contributed by atoms with Crippen LogP contribution in [0.3, 0.4) is 0 Å². The minimum absolute atomic E-state index is 0.0558. The molecule has 3 nitrogen and oxygen atoms in total. The monoisotopic (exact) mass is 362 g/mol. The third-order valence-electron chi connectivity index (χ3n) is 5.87. The fourth-order valence-corrected chi connectivity index (χ4v) is 4.27. The number of ether oxygens (including phenoxy) is 2. The van der Waals surface area contributed by atoms with Gasteiger partial charge in [-0.25, -0.2) is 9.18 Å². The lowest BCUT2D eigenvalue weighted by molar-refractivity contribution is 0.0292. The second kappa shape index (κ2) is 8.88. The topological polar surface area (TPSA) is 35.5 Å². The fraction of sp³-hybridized carbons (Fsp3) is 0.682. The molecule has 1 fully saturated rings. The van der Waals surface area contributed by atoms with Crippen molar-refractivity contribution in [3.63, 3.8) is 0 Å². The predicted molar refractivity (Wildman–Crippen MR) is 100 cm³/mol. The summed E-state index contributed by atoms with van der Waals surface area (Å²) in [6.07, 6.45) is 10.5. The van der Waals surface area contributed by atoms with Crippen LogP contribution in [-0.2, 0) is 11.2 Å². The summed E-state index contributed by atoms with van der Waals surface area (Å²) < 4.78 is 25.6. The summed E-state index contributed by atoms with van der Waals surface area (Å²) in [5.41, 5.74) is 0.770. The van der Waals surface area contributed by atoms with Gasteiger partial charge >= 0.3 is 5.97 Å². The van der Waals surface area contributed by atoms with Gasteiger partial charge in [0.05, 0.1) is 6.61 Å². The normalized spacial score (nSPS) is 25.5. The molecule has 1 saturated carbocycles. The quantitative estimate of drug-likeness (QED) is 0.461. The number of halogens is 1. The first kappa shape index (κ1) is 19.2. The summed E-state index contributed by atoms with van der Waals surface area (Å²) in [6, 6.07) is 3.46. The van der Waals surface area contributed by atoms with E-state index < -0.39 is 11.8 Å². The molecule has 1 heterocycles. The molecule has 3 rings (SSSR count). The number of carbonyl (C=O) groups is 1. The molecule has 144 valence electrons. The highest BCUT2D eigenvalue weighted by molar-refractivity contribution is 5.93. The molecule has 0 bridgehead atoms. The summed E-state index contributed by atoms with van der Waals surface area (Å²) in [5, 5.41) is 0. The zero-order valence-corrected chi connectivity index (χ0v) is 16.1. The number of esters is 1. The van der Waals surface area contributed by atoms with Crippen molar-refractivity contribution in [1.82, 2.24) is 0 Å². The Bertz CT molecular complexity index is 620. The van der Waals surface area contributed by atoms with E-state index in [2.05, 4.69) is 6.92 Å². The number of cyclic esters (lactones) is 1. The molecule has 0 radical (unpaired) electrons. The Morgan fingerprint density at radius 1 is 1.15 bits per heavy atom. The number of unbranched alkanes of at least 4 members (excludes halogenated alkanes) is 2. The van der Waals surface area contributed by atoms with Crippen LogP contribution in [0.25, 0.3) is 0 Å². The second-order valence-corrected chi connectivity index (χ2v) is 8.03. The van der Waals surface area contributed by atoms with Gasteiger partial charge in [-0.15, -0.1) is 0 Å². The van der Waals surface area contributed by atoms with Crippen molar-refractivity contribution in [2.24, 2.45) is 11.8 Å². The minimum Gasteiger partial charge on any atom is -0.490 e. The summed E-state index contributed by atoms with van der Waals surface area (Å²) in [6.45, 7) is 4.60. The van der Waals surface area contributed by atoms with Crippen LogP contribution in [0.4, 0.5) is 4.39 Å². The molecule has 4 heteroatoms. The van der Waals surface area contributed by atoms with Gasteiger partial charge in [-0.3, -0.25) is 0 Å². The van der Waals surface area contributed by atoms with Gasteiger partial charge < -0.3 is 9.47 Å². The first-order chi connectivity index (χ1) is 12.6. The molecule has 1 atom stereocenters. The first-order valence-electron chi connectivity index (χ1n) is 10.2. The lowest BCUT2D eigenvalue weighted by Gasteiger charge is -2.29. The van der Waals surface area contributed by atoms with Crippen LogP contribution in [0.15, 0.2) is 12.1 Å². The lowest BCUT2D eigenvalue weighted by Crippen LogP contribution is -2.26. The van der Waals surface area contributed by atoms with E-state index in [0.29, 0.717) is 24.5 Å². The molecule has 1 aromatic rings. The smallest absolute Gasteiger partial charge is 0.341 e. The molecule has 1 aliphatic carbocycles. The molecular formula is C22H31FO3. The standard InChI is InChI=1S/C22H31FO3/c1-3-4-5-6-16-7-9-17(10-8-16)14-25-19-12-11-18-13-15(2)26-22(24)20(18)21(19)23/h11-12,15-17H,3-10,13-14H2,1-2H3. The second-order valence-electron chi connectivity index (χ2n) is 8.03. The highest BCUT2D eigenvalue weighted by Gasteiger charge is 2.29. The molecule has 0 spiro atoms. The molecule has 0 N–H and O–H groups in total. The molecule has 1 unspecified atom stereocenters. The average molecular weight is 362 g/mol. The van der Waals surface area contributed by atoms with Gasteiger partial charge in [0.1, 0.15) is 11.7 Å². The molecule has 0 saturated heterocycles. The maximum atomic E-state index is 14.7. The van der Waals surface area contributed by atoms with Crippen LogP contribution in [-0.4, -0.2) is 18.7 Å². The Morgan fingerprint density at radius 2 is 1.88 bits per heavy atom. The van der Waals surface area contributed by atoms with Gasteiger partial charge in [0, 0.05) is 6.42 Å². The van der Waals surface area contributed by atoms with E-state index in [4.69, 9.17) is 9.47 Å². The maximum absolute atomic E-state index is 14.7. The van der Waals surface area contributed by atoms with Crippen molar-refractivity contribution in [2.45, 2.75) is 77.7 Å². The molecule has 1 aromatic carbocycles. The zero-order chi connectivity index (χ0) is 18.5. The minimum atomic E-state index is -0.575. The van der Waals surface area contributed by atoms with Gasteiger partial charge in [-0.2, -0.15) is 0 Å². The summed E-state index contributed by atoms with van der Waals surface area (Å²) in [7, 11) is 0. The van der Waals surface area contributed by atoms with Gasteiger partial charge in [0.25, 0.3) is 0 Å². The maximum Gasteiger partial charge on any atom is 0.341 e. The number of hydrogen-bond acceptors (Lipinski definition) is 3. The summed E-state index contributed by atoms with van der Waals surface area (Å²) in [5.74, 6) is 0.386. The van der Waals surface area contributed by atoms with E-state index in [1.54, 1.807) is 12.1 Å². The number of fused-ring (bicyclic) bond motifs is 1. The Hall–Kier alpha value is -1.58. The van der Waals surface area contributed by atoms with Crippen molar-refractivity contribution < 1.29 is 18.7 Å². The highest BCUT2D eigenvalue weighted by atomic mass is 19.1. The third kappa shape index (κ3) is 4.57. The number of rotatable bonds is 7. The van der Waals surface area contributed by atoms with E-state index in [1.807, 2.05) is 6.92 Å². The molecule has 26 heavy (non-hydrogen) atoms. The third-order valence-corrected chi connectivity index (χ3v) is 5.87. The van der Waals surface area contributed by atoms with Crippen LogP contribution >= 0.6 is 0 Å². The molecule has 0 amide bonds. The Morgan fingerprint density at radius 3 is 2.62 bits per heavy atom. The van der Waals surface area contributed by atoms with Crippen molar-refractivity contribution in [2.75, 3.05) is 6.61 Å². The number of hydrogen-bond donors (Lipinski definition) is 0. The van der Waals surface area contributed by atoms with Gasteiger partial charge in [0.15, 0.2) is 11.6 Å². The average Bonchev–Trinajstić information content (AvgIpc) is 2.62. The van der Waals surface area contributed by atoms with Gasteiger partial charge in [0.2, 0.25) is 0 Å². The van der Waals surface area contributed by atoms with Gasteiger partial charge in [-0.05, 0) is 43.2 Å². The number of carbonyl (C=O) groups excluding carboxylic acids is 1. The molecule has 1 aliphatic heterocycles. The van der Waals surface area contributed by atoms with Crippen molar-refractivity contribution in [1.29, 1.82) is 0 Å². The summed E-state index contributed by atoms with van der Waals surface area (Å²) >= 11 is 0. The van der Waals surface area contributed by atoms with E-state index in [9.17, 15) is 9.18 Å². The molecular weight excluding hydrogens is 331 g/mol. The van der Waals surface area contributed by atoms with Gasteiger partial charge in [-0.1, -0.05) is 51.5 Å². The van der Waals surface area contributed by atoms with Crippen molar-refractivity contribution >= 4 is 5.97 Å². The van der Waals surface area contributed by atoms with Crippen LogP contribution in [0.2, 0.25) is 0 Å². The van der Waals surface area contributed by atoms with E-state index in [0.717, 1.165) is 18.8 Å². The highest BCUT2D eigenvalue weighted by Crippen LogP contribution is 2.34. The Labute approximate surface area is 156 Å². The van der Waals surface area contributed by atoms with Crippen LogP contribution in [0.1, 0.15) is 81.1 Å². The first-order valence-corrected chi connectivity index (χ1v) is 10.2. The largest absolute Gasteiger partial charge is 0.490 e. The lowest BCUT2D eigenvalue weighted by atomic mass is 9.80. The van der Waals surface area contributed by atoms with Crippen LogP contribution in [0.5, 0.6) is 5.75 Å². The molecule has 0 aromatic heterocycles. The van der Waals surface area contributed by atoms with E-state index in [-0.39, 0.29) is 17.4 Å². The molecule has 2 aliphatic rings.